The van der Waals surface area contributed by atoms with Gasteiger partial charge in [-0.25, -0.2) is 4.98 Å². The van der Waals surface area contributed by atoms with E-state index in [0.29, 0.717) is 15.9 Å². The number of halogens is 1. The molecule has 3 aromatic rings. The first-order valence-electron chi connectivity index (χ1n) is 7.15. The predicted molar refractivity (Wildman–Crippen MR) is 105 cm³/mol. The molecule has 2 heterocycles. The highest BCUT2D eigenvalue weighted by Crippen LogP contribution is 2.25. The van der Waals surface area contributed by atoms with Gasteiger partial charge < -0.3 is 9.73 Å². The van der Waals surface area contributed by atoms with E-state index in [0.717, 1.165) is 11.3 Å². The average molecular weight is 390 g/mol. The topological polar surface area (TPSA) is 67.2 Å². The maximum absolute atomic E-state index is 11.8. The first-order chi connectivity index (χ1) is 12.1. The molecule has 0 radical (unpaired) electrons. The lowest BCUT2D eigenvalue weighted by Gasteiger charge is -2.04. The van der Waals surface area contributed by atoms with Crippen molar-refractivity contribution in [1.29, 1.82) is 0 Å². The van der Waals surface area contributed by atoms with Gasteiger partial charge in [0.15, 0.2) is 10.2 Å². The van der Waals surface area contributed by atoms with Crippen molar-refractivity contribution in [2.24, 2.45) is 0 Å². The van der Waals surface area contributed by atoms with Crippen LogP contribution in [0.2, 0.25) is 5.02 Å². The maximum Gasteiger partial charge on any atom is 0.250 e. The van der Waals surface area contributed by atoms with Crippen LogP contribution in [0.25, 0.3) is 17.3 Å². The lowest BCUT2D eigenvalue weighted by atomic mass is 10.2. The van der Waals surface area contributed by atoms with E-state index in [1.54, 1.807) is 30.3 Å². The monoisotopic (exact) mass is 389 g/mol. The van der Waals surface area contributed by atoms with Crippen molar-refractivity contribution >= 4 is 57.4 Å². The van der Waals surface area contributed by atoms with Gasteiger partial charge in [0.2, 0.25) is 5.91 Å². The predicted octanol–water partition coefficient (Wildman–Crippen LogP) is 4.58. The number of anilines is 1. The Bertz CT molecular complexity index is 902. The molecule has 1 aromatic carbocycles. The molecule has 0 saturated heterocycles. The third-order valence-electron chi connectivity index (χ3n) is 3.04. The van der Waals surface area contributed by atoms with E-state index in [1.807, 2.05) is 17.5 Å². The Kier molecular flexibility index (Phi) is 5.60. The number of thiocarbonyl (C=S) groups is 1. The number of aromatic nitrogens is 1. The fourth-order valence-corrected chi connectivity index (χ4v) is 3.02. The van der Waals surface area contributed by atoms with Gasteiger partial charge in [-0.15, -0.1) is 11.3 Å². The third kappa shape index (κ3) is 4.99. The summed E-state index contributed by atoms with van der Waals surface area (Å²) in [7, 11) is 0. The van der Waals surface area contributed by atoms with Gasteiger partial charge in [0.05, 0.1) is 12.0 Å². The van der Waals surface area contributed by atoms with Crippen LogP contribution in [0.3, 0.4) is 0 Å². The molecule has 0 atom stereocenters. The first-order valence-corrected chi connectivity index (χ1v) is 8.82. The van der Waals surface area contributed by atoms with Crippen LogP contribution < -0.4 is 10.6 Å². The molecule has 0 aliphatic carbocycles. The van der Waals surface area contributed by atoms with Crippen LogP contribution in [0.5, 0.6) is 0 Å². The fourth-order valence-electron chi connectivity index (χ4n) is 1.91. The van der Waals surface area contributed by atoms with Crippen LogP contribution in [0.1, 0.15) is 5.76 Å². The second kappa shape index (κ2) is 8.06. The quantitative estimate of drug-likeness (QED) is 0.505. The highest BCUT2D eigenvalue weighted by molar-refractivity contribution is 7.80. The van der Waals surface area contributed by atoms with E-state index in [-0.39, 0.29) is 11.0 Å². The molecule has 0 aliphatic heterocycles. The molecule has 0 unspecified atom stereocenters. The Labute approximate surface area is 158 Å². The van der Waals surface area contributed by atoms with Gasteiger partial charge in [-0.3, -0.25) is 10.1 Å². The molecule has 2 aromatic heterocycles. The second-order valence-corrected chi connectivity index (χ2v) is 6.54. The van der Waals surface area contributed by atoms with Gasteiger partial charge in [-0.2, -0.15) is 0 Å². The van der Waals surface area contributed by atoms with E-state index in [4.69, 9.17) is 28.2 Å². The van der Waals surface area contributed by atoms with Crippen LogP contribution in [-0.2, 0) is 4.79 Å². The normalized spacial score (nSPS) is 10.8. The Balaban J connectivity index is 1.56. The van der Waals surface area contributed by atoms with E-state index >= 15 is 0 Å². The minimum atomic E-state index is -0.358. The molecule has 0 saturated carbocycles. The first kappa shape index (κ1) is 17.3. The van der Waals surface area contributed by atoms with Crippen LogP contribution in [0.4, 0.5) is 5.13 Å². The number of nitrogens with zero attached hydrogens (tertiary/aromatic N) is 1. The Morgan fingerprint density at radius 2 is 2.08 bits per heavy atom. The average Bonchev–Trinajstić information content (AvgIpc) is 3.25. The number of hydrogen-bond acceptors (Lipinski definition) is 5. The van der Waals surface area contributed by atoms with E-state index in [9.17, 15) is 4.79 Å². The summed E-state index contributed by atoms with van der Waals surface area (Å²) < 4.78 is 5.10. The highest BCUT2D eigenvalue weighted by Gasteiger charge is 2.07. The molecule has 1 amide bonds. The van der Waals surface area contributed by atoms with Gasteiger partial charge in [0.1, 0.15) is 5.76 Å². The van der Waals surface area contributed by atoms with Gasteiger partial charge in [0, 0.05) is 22.0 Å². The summed E-state index contributed by atoms with van der Waals surface area (Å²) in [5.74, 6) is 0.227. The van der Waals surface area contributed by atoms with Crippen LogP contribution >= 0.6 is 35.2 Å². The third-order valence-corrected chi connectivity index (χ3v) is 4.26. The summed E-state index contributed by atoms with van der Waals surface area (Å²) in [5.41, 5.74) is 1.75. The molecular formula is C17H12ClN3O2S2. The van der Waals surface area contributed by atoms with Crippen molar-refractivity contribution in [2.45, 2.75) is 0 Å². The molecule has 0 spiro atoms. The van der Waals surface area contributed by atoms with Crippen molar-refractivity contribution < 1.29 is 9.21 Å². The van der Waals surface area contributed by atoms with Crippen molar-refractivity contribution in [2.75, 3.05) is 5.32 Å². The number of furan rings is 1. The van der Waals surface area contributed by atoms with E-state index in [1.165, 1.54) is 23.7 Å². The van der Waals surface area contributed by atoms with Crippen molar-refractivity contribution in [3.63, 3.8) is 0 Å². The molecule has 0 fully saturated rings. The Morgan fingerprint density at radius 1 is 1.28 bits per heavy atom. The van der Waals surface area contributed by atoms with E-state index in [2.05, 4.69) is 15.6 Å². The molecule has 8 heteroatoms. The smallest absolute Gasteiger partial charge is 0.250 e. The molecule has 0 aliphatic rings. The summed E-state index contributed by atoms with van der Waals surface area (Å²) in [6.45, 7) is 0. The summed E-state index contributed by atoms with van der Waals surface area (Å²) in [6.07, 6.45) is 4.43. The number of carbonyl (C=O) groups is 1. The zero-order valence-electron chi connectivity index (χ0n) is 12.7. The molecule has 126 valence electrons. The number of nitrogens with one attached hydrogen (secondary N) is 2. The van der Waals surface area contributed by atoms with E-state index < -0.39 is 0 Å². The van der Waals surface area contributed by atoms with Crippen LogP contribution in [-0.4, -0.2) is 16.0 Å². The number of thiazole rings is 1. The number of hydrogen-bond donors (Lipinski definition) is 2. The van der Waals surface area contributed by atoms with Gasteiger partial charge in [0.25, 0.3) is 0 Å². The number of rotatable bonds is 4. The zero-order valence-corrected chi connectivity index (χ0v) is 15.1. The minimum absolute atomic E-state index is 0.172. The highest BCUT2D eigenvalue weighted by atomic mass is 35.5. The van der Waals surface area contributed by atoms with Gasteiger partial charge in [-0.05, 0) is 42.6 Å². The lowest BCUT2D eigenvalue weighted by molar-refractivity contribution is -0.115. The summed E-state index contributed by atoms with van der Waals surface area (Å²) in [6, 6.07) is 10.9. The Hall–Kier alpha value is -2.48. The molecule has 5 nitrogen and oxygen atoms in total. The van der Waals surface area contributed by atoms with Crippen molar-refractivity contribution in [3.8, 4) is 11.3 Å². The second-order valence-electron chi connectivity index (χ2n) is 4.84. The largest absolute Gasteiger partial charge is 0.465 e. The zero-order chi connectivity index (χ0) is 17.6. The molecular weight excluding hydrogens is 378 g/mol. The standard InChI is InChI=1S/C17H12ClN3O2S2/c18-12-5-3-11(4-6-12)14-10-25-17(19-14)21-16(24)20-15(22)8-7-13-2-1-9-23-13/h1-10H,(H2,19,20,21,22,24)/b8-7+. The maximum atomic E-state index is 11.8. The van der Waals surface area contributed by atoms with Crippen LogP contribution in [0, 0.1) is 0 Å². The minimum Gasteiger partial charge on any atom is -0.465 e. The fraction of sp³-hybridized carbons (Fsp3) is 0. The summed E-state index contributed by atoms with van der Waals surface area (Å²) in [4.78, 5) is 16.2. The molecule has 2 N–H and O–H groups in total. The number of amides is 1. The summed E-state index contributed by atoms with van der Waals surface area (Å²) in [5, 5.41) is 8.77. The SMILES string of the molecule is O=C(/C=C/c1ccco1)NC(=S)Nc1nc(-c2ccc(Cl)cc2)cs1. The van der Waals surface area contributed by atoms with Crippen molar-refractivity contribution in [3.05, 3.63) is 64.9 Å². The lowest BCUT2D eigenvalue weighted by Crippen LogP contribution is -2.32. The van der Waals surface area contributed by atoms with Crippen molar-refractivity contribution in [1.82, 2.24) is 10.3 Å². The summed E-state index contributed by atoms with van der Waals surface area (Å²) >= 11 is 12.4. The van der Waals surface area contributed by atoms with Crippen LogP contribution in [0.15, 0.2) is 58.5 Å². The molecule has 3 rings (SSSR count). The van der Waals surface area contributed by atoms with Gasteiger partial charge in [-0.1, -0.05) is 23.7 Å². The Morgan fingerprint density at radius 3 is 2.80 bits per heavy atom. The van der Waals surface area contributed by atoms with Gasteiger partial charge >= 0.3 is 0 Å². The molecule has 0 bridgehead atoms. The number of carbonyl (C=O) groups excluding carboxylic acids is 1. The number of benzene rings is 1. The molecule has 25 heavy (non-hydrogen) atoms.